The van der Waals surface area contributed by atoms with Crippen LogP contribution in [0.15, 0.2) is 77.9 Å². The van der Waals surface area contributed by atoms with Gasteiger partial charge in [-0.3, -0.25) is 0 Å². The second kappa shape index (κ2) is 6.01. The highest BCUT2D eigenvalue weighted by Crippen LogP contribution is 2.69. The number of rotatable bonds is 1. The summed E-state index contributed by atoms with van der Waals surface area (Å²) >= 11 is 0. The second-order valence-electron chi connectivity index (χ2n) is 11.2. The van der Waals surface area contributed by atoms with Crippen molar-refractivity contribution in [1.29, 1.82) is 0 Å². The highest BCUT2D eigenvalue weighted by molar-refractivity contribution is 5.83. The first kappa shape index (κ1) is 18.5. The minimum Gasteiger partial charge on any atom is -0.359 e. The molecule has 1 saturated heterocycles. The molecule has 5 atom stereocenters. The fourth-order valence-electron chi connectivity index (χ4n) is 8.32. The van der Waals surface area contributed by atoms with Gasteiger partial charge in [0.25, 0.3) is 0 Å². The van der Waals surface area contributed by atoms with Crippen molar-refractivity contribution >= 4 is 10.8 Å². The molecule has 2 aromatic rings. The molecule has 2 aromatic carbocycles. The van der Waals surface area contributed by atoms with Crippen molar-refractivity contribution in [2.75, 3.05) is 0 Å². The lowest BCUT2D eigenvalue weighted by molar-refractivity contribution is -0.129. The van der Waals surface area contributed by atoms with Crippen LogP contribution in [-0.2, 0) is 4.74 Å². The van der Waals surface area contributed by atoms with Gasteiger partial charge in [0.1, 0.15) is 0 Å². The lowest BCUT2D eigenvalue weighted by Gasteiger charge is -2.54. The number of hydrogen-bond donors (Lipinski definition) is 0. The average Bonchev–Trinajstić information content (AvgIpc) is 3.28. The first-order valence-corrected chi connectivity index (χ1v) is 12.3. The number of fused-ring (bicyclic) bond motifs is 2. The summed E-state index contributed by atoms with van der Waals surface area (Å²) in [5.74, 6) is 1.23. The zero-order chi connectivity index (χ0) is 20.8. The summed E-state index contributed by atoms with van der Waals surface area (Å²) in [5, 5.41) is 2.72. The molecule has 3 fully saturated rings. The van der Waals surface area contributed by atoms with E-state index in [1.54, 1.807) is 5.57 Å². The Bertz CT molecular complexity index is 1180. The Morgan fingerprint density at radius 2 is 1.87 bits per heavy atom. The third-order valence-corrected chi connectivity index (χ3v) is 9.80. The van der Waals surface area contributed by atoms with Crippen molar-refractivity contribution in [2.24, 2.45) is 11.3 Å². The van der Waals surface area contributed by atoms with Crippen LogP contribution >= 0.6 is 0 Å². The van der Waals surface area contributed by atoms with Gasteiger partial charge in [0, 0.05) is 6.42 Å². The van der Waals surface area contributed by atoms with Crippen LogP contribution in [0.25, 0.3) is 10.8 Å². The van der Waals surface area contributed by atoms with E-state index >= 15 is 0 Å². The third-order valence-electron chi connectivity index (χ3n) is 9.80. The Labute approximate surface area is 185 Å². The maximum absolute atomic E-state index is 7.29. The standard InChI is InChI=1S/C30H32O/c1-20-7-10-24-18-25-13-14-28(2)26(23-9-8-21-5-3-4-6-22(21)17-23)11-12-27(28)30(25)16-15-29(24,19-20)31-30/h3-6,8-9,13,17-18,26-27H,1,7,10-12,14-16,19H2,2H3/t26-,27-,28-,29-,30-/m1/s1. The van der Waals surface area contributed by atoms with E-state index in [0.717, 1.165) is 19.3 Å². The van der Waals surface area contributed by atoms with Crippen LogP contribution in [0.3, 0.4) is 0 Å². The van der Waals surface area contributed by atoms with Crippen molar-refractivity contribution in [2.45, 2.75) is 75.4 Å². The highest BCUT2D eigenvalue weighted by Gasteiger charge is 2.66. The summed E-state index contributed by atoms with van der Waals surface area (Å²) in [6.07, 6.45) is 14.6. The first-order chi connectivity index (χ1) is 15.0. The lowest BCUT2D eigenvalue weighted by Crippen LogP contribution is -2.53. The molecule has 31 heavy (non-hydrogen) atoms. The van der Waals surface area contributed by atoms with Gasteiger partial charge in [-0.05, 0) is 89.7 Å². The second-order valence-corrected chi connectivity index (χ2v) is 11.2. The van der Waals surface area contributed by atoms with E-state index in [9.17, 15) is 0 Å². The molecule has 2 saturated carbocycles. The van der Waals surface area contributed by atoms with Crippen molar-refractivity contribution in [3.63, 3.8) is 0 Å². The molecule has 3 aliphatic carbocycles. The quantitative estimate of drug-likeness (QED) is 0.441. The van der Waals surface area contributed by atoms with Crippen LogP contribution in [0, 0.1) is 11.3 Å². The molecule has 2 aliphatic heterocycles. The van der Waals surface area contributed by atoms with Gasteiger partial charge in [-0.1, -0.05) is 73.7 Å². The number of allylic oxidation sites excluding steroid dienone is 1. The molecule has 0 N–H and O–H groups in total. The van der Waals surface area contributed by atoms with Gasteiger partial charge in [-0.15, -0.1) is 0 Å². The summed E-state index contributed by atoms with van der Waals surface area (Å²) < 4.78 is 7.29. The average molecular weight is 409 g/mol. The van der Waals surface area contributed by atoms with E-state index in [2.05, 4.69) is 68.1 Å². The molecule has 0 aromatic heterocycles. The van der Waals surface area contributed by atoms with Crippen LogP contribution < -0.4 is 0 Å². The van der Waals surface area contributed by atoms with Gasteiger partial charge >= 0.3 is 0 Å². The SMILES string of the molecule is C=C1CCC2=CC3=CC[C@]4(C)[C@@H](c5ccc6ccccc6c5)CC[C@H]4[C@@]34CC[C@]2(C1)O4. The van der Waals surface area contributed by atoms with Crippen LogP contribution in [-0.4, -0.2) is 11.2 Å². The van der Waals surface area contributed by atoms with Crippen LogP contribution in [0.5, 0.6) is 0 Å². The molecule has 2 bridgehead atoms. The molecule has 2 heterocycles. The first-order valence-electron chi connectivity index (χ1n) is 12.3. The number of ether oxygens (including phenoxy) is 1. The lowest BCUT2D eigenvalue weighted by atomic mass is 9.58. The van der Waals surface area contributed by atoms with Gasteiger partial charge in [0.2, 0.25) is 0 Å². The molecule has 158 valence electrons. The molecule has 5 aliphatic rings. The Hall–Kier alpha value is -2.12. The topological polar surface area (TPSA) is 9.23 Å². The van der Waals surface area contributed by atoms with Gasteiger partial charge in [0.15, 0.2) is 0 Å². The van der Waals surface area contributed by atoms with Gasteiger partial charge in [-0.25, -0.2) is 0 Å². The fourth-order valence-corrected chi connectivity index (χ4v) is 8.32. The molecular formula is C30H32O. The molecule has 2 spiro atoms. The number of hydrogen-bond acceptors (Lipinski definition) is 1. The van der Waals surface area contributed by atoms with E-state index in [-0.39, 0.29) is 16.6 Å². The third kappa shape index (κ3) is 2.31. The molecule has 0 radical (unpaired) electrons. The smallest absolute Gasteiger partial charge is 0.0975 e. The van der Waals surface area contributed by atoms with E-state index in [1.807, 2.05) is 0 Å². The van der Waals surface area contributed by atoms with Gasteiger partial charge in [-0.2, -0.15) is 0 Å². The predicted molar refractivity (Wildman–Crippen MR) is 127 cm³/mol. The van der Waals surface area contributed by atoms with E-state index in [1.165, 1.54) is 59.6 Å². The summed E-state index contributed by atoms with van der Waals surface area (Å²) in [6.45, 7) is 6.92. The Kier molecular flexibility index (Phi) is 3.58. The van der Waals surface area contributed by atoms with E-state index < -0.39 is 0 Å². The van der Waals surface area contributed by atoms with Crippen molar-refractivity contribution in [1.82, 2.24) is 0 Å². The minimum atomic E-state index is -0.0558. The largest absolute Gasteiger partial charge is 0.359 e. The van der Waals surface area contributed by atoms with Crippen molar-refractivity contribution < 1.29 is 4.74 Å². The Morgan fingerprint density at radius 3 is 2.77 bits per heavy atom. The monoisotopic (exact) mass is 408 g/mol. The maximum atomic E-state index is 7.29. The predicted octanol–water partition coefficient (Wildman–Crippen LogP) is 7.64. The molecule has 1 heteroatoms. The summed E-state index contributed by atoms with van der Waals surface area (Å²) in [6, 6.07) is 16.0. The summed E-state index contributed by atoms with van der Waals surface area (Å²) in [4.78, 5) is 0. The highest BCUT2D eigenvalue weighted by atomic mass is 16.5. The fraction of sp³-hybridized carbons (Fsp3) is 0.467. The Morgan fingerprint density at radius 1 is 1.00 bits per heavy atom. The molecule has 7 rings (SSSR count). The summed E-state index contributed by atoms with van der Waals surface area (Å²) in [7, 11) is 0. The van der Waals surface area contributed by atoms with Gasteiger partial charge in [0.05, 0.1) is 11.2 Å². The van der Waals surface area contributed by atoms with E-state index in [0.29, 0.717) is 11.8 Å². The Balaban J connectivity index is 1.31. The number of benzene rings is 2. The zero-order valence-corrected chi connectivity index (χ0v) is 18.6. The van der Waals surface area contributed by atoms with Crippen LogP contribution in [0.1, 0.15) is 69.8 Å². The maximum Gasteiger partial charge on any atom is 0.0975 e. The zero-order valence-electron chi connectivity index (χ0n) is 18.6. The molecule has 1 nitrogen and oxygen atoms in total. The normalized spacial score (nSPS) is 40.7. The van der Waals surface area contributed by atoms with Gasteiger partial charge < -0.3 is 4.74 Å². The van der Waals surface area contributed by atoms with Crippen LogP contribution in [0.2, 0.25) is 0 Å². The van der Waals surface area contributed by atoms with E-state index in [4.69, 9.17) is 4.74 Å². The molecule has 0 amide bonds. The summed E-state index contributed by atoms with van der Waals surface area (Å²) in [5.41, 5.74) is 6.18. The van der Waals surface area contributed by atoms with Crippen molar-refractivity contribution in [3.05, 3.63) is 83.5 Å². The van der Waals surface area contributed by atoms with Crippen molar-refractivity contribution in [3.8, 4) is 0 Å². The van der Waals surface area contributed by atoms with Crippen LogP contribution in [0.4, 0.5) is 0 Å². The molecule has 0 unspecified atom stereocenters. The minimum absolute atomic E-state index is 0.0358. The molecular weight excluding hydrogens is 376 g/mol.